The Morgan fingerprint density at radius 3 is 2.81 bits per heavy atom. The van der Waals surface area contributed by atoms with Crippen molar-refractivity contribution in [2.24, 2.45) is 0 Å². The molecule has 0 atom stereocenters. The predicted molar refractivity (Wildman–Crippen MR) is 79.8 cm³/mol. The molecule has 2 rings (SSSR count). The zero-order valence-electron chi connectivity index (χ0n) is 12.3. The summed E-state index contributed by atoms with van der Waals surface area (Å²) >= 11 is 5.99. The van der Waals surface area contributed by atoms with Crippen LogP contribution in [0.15, 0.2) is 18.2 Å². The highest BCUT2D eigenvalue weighted by atomic mass is 35.5. The molecule has 0 N–H and O–H groups in total. The first-order chi connectivity index (χ1) is 9.85. The fraction of sp³-hybridized carbons (Fsp3) is 0.467. The van der Waals surface area contributed by atoms with Crippen molar-refractivity contribution in [3.8, 4) is 5.75 Å². The number of halogens is 1. The Labute approximate surface area is 128 Å². The van der Waals surface area contributed by atoms with Crippen molar-refractivity contribution in [1.82, 2.24) is 0 Å². The van der Waals surface area contributed by atoms with Gasteiger partial charge in [0.2, 0.25) is 0 Å². The van der Waals surface area contributed by atoms with Gasteiger partial charge in [-0.1, -0.05) is 11.6 Å². The Balaban J connectivity index is 2.27. The fourth-order valence-corrected chi connectivity index (χ4v) is 2.37. The molecule has 0 unspecified atom stereocenters. The number of hydrogen-bond donors (Lipinski definition) is 0. The summed E-state index contributed by atoms with van der Waals surface area (Å²) < 4.78 is 10.6. The number of hydrogen-bond acceptors (Lipinski definition) is 4. The molecule has 0 aromatic heterocycles. The van der Waals surface area contributed by atoms with Crippen LogP contribution in [0, 0.1) is 0 Å². The minimum atomic E-state index is -0.977. The summed E-state index contributed by atoms with van der Waals surface area (Å²) in [7, 11) is 0. The first-order valence-electron chi connectivity index (χ1n) is 6.81. The molecule has 1 amide bonds. The third-order valence-corrected chi connectivity index (χ3v) is 3.42. The fourth-order valence-electron chi connectivity index (χ4n) is 2.20. The molecular weight excluding hydrogens is 294 g/mol. The number of carbonyl (C=O) groups is 2. The highest BCUT2D eigenvalue weighted by molar-refractivity contribution is 6.31. The number of anilines is 1. The molecule has 0 radical (unpaired) electrons. The topological polar surface area (TPSA) is 55.8 Å². The number of carbonyl (C=O) groups excluding carboxylic acids is 2. The Bertz CT molecular complexity index is 571. The number of fused-ring (bicyclic) bond motifs is 1. The number of rotatable bonds is 4. The molecule has 114 valence electrons. The van der Waals surface area contributed by atoms with Crippen LogP contribution in [0.2, 0.25) is 5.02 Å². The van der Waals surface area contributed by atoms with E-state index in [1.807, 2.05) is 0 Å². The minimum Gasteiger partial charge on any atom is -0.476 e. The Morgan fingerprint density at radius 2 is 2.14 bits per heavy atom. The Kier molecular flexibility index (Phi) is 4.42. The van der Waals surface area contributed by atoms with Crippen LogP contribution in [0.1, 0.15) is 27.2 Å². The lowest BCUT2D eigenvalue weighted by Crippen LogP contribution is -2.53. The van der Waals surface area contributed by atoms with E-state index in [0.717, 1.165) is 0 Å². The van der Waals surface area contributed by atoms with Gasteiger partial charge in [-0.05, 0) is 39.0 Å². The maximum absolute atomic E-state index is 12.5. The lowest BCUT2D eigenvalue weighted by Gasteiger charge is -2.38. The smallest absolute Gasteiger partial charge is 0.307 e. The molecule has 0 spiro atoms. The van der Waals surface area contributed by atoms with Gasteiger partial charge in [-0.15, -0.1) is 0 Å². The molecule has 0 bridgehead atoms. The van der Waals surface area contributed by atoms with Crippen LogP contribution in [0.25, 0.3) is 0 Å². The molecular formula is C15H18ClNO4. The molecule has 0 aliphatic carbocycles. The van der Waals surface area contributed by atoms with Gasteiger partial charge in [-0.25, -0.2) is 0 Å². The van der Waals surface area contributed by atoms with Crippen LogP contribution in [0.3, 0.4) is 0 Å². The average molecular weight is 312 g/mol. The van der Waals surface area contributed by atoms with Gasteiger partial charge in [-0.3, -0.25) is 9.59 Å². The van der Waals surface area contributed by atoms with Crippen LogP contribution in [0.4, 0.5) is 5.69 Å². The van der Waals surface area contributed by atoms with E-state index < -0.39 is 5.60 Å². The third kappa shape index (κ3) is 3.29. The van der Waals surface area contributed by atoms with Gasteiger partial charge in [0.05, 0.1) is 18.7 Å². The first-order valence-corrected chi connectivity index (χ1v) is 7.19. The Hall–Kier alpha value is -1.75. The lowest BCUT2D eigenvalue weighted by molar-refractivity contribution is -0.143. The number of benzene rings is 1. The number of ether oxygens (including phenoxy) is 2. The van der Waals surface area contributed by atoms with Crippen LogP contribution < -0.4 is 9.64 Å². The maximum atomic E-state index is 12.5. The molecule has 1 aliphatic rings. The number of nitrogens with zero attached hydrogens (tertiary/aromatic N) is 1. The molecule has 5 nitrogen and oxygen atoms in total. The summed E-state index contributed by atoms with van der Waals surface area (Å²) in [6.45, 7) is 5.70. The van der Waals surface area contributed by atoms with Crippen molar-refractivity contribution >= 4 is 29.2 Å². The van der Waals surface area contributed by atoms with Crippen LogP contribution in [0.5, 0.6) is 5.75 Å². The van der Waals surface area contributed by atoms with Gasteiger partial charge < -0.3 is 14.4 Å². The summed E-state index contributed by atoms with van der Waals surface area (Å²) in [6.07, 6.45) is 0.127. The average Bonchev–Trinajstić information content (AvgIpc) is 2.40. The van der Waals surface area contributed by atoms with Crippen molar-refractivity contribution in [2.75, 3.05) is 18.1 Å². The monoisotopic (exact) mass is 311 g/mol. The van der Waals surface area contributed by atoms with Gasteiger partial charge in [0.25, 0.3) is 5.91 Å². The molecule has 0 saturated carbocycles. The van der Waals surface area contributed by atoms with Crippen molar-refractivity contribution in [3.63, 3.8) is 0 Å². The van der Waals surface area contributed by atoms with E-state index >= 15 is 0 Å². The van der Waals surface area contributed by atoms with Gasteiger partial charge in [0, 0.05) is 11.6 Å². The zero-order chi connectivity index (χ0) is 15.6. The van der Waals surface area contributed by atoms with E-state index in [-0.39, 0.29) is 24.8 Å². The molecule has 6 heteroatoms. The summed E-state index contributed by atoms with van der Waals surface area (Å²) in [5, 5.41) is 0.506. The van der Waals surface area contributed by atoms with E-state index in [1.165, 1.54) is 4.90 Å². The second kappa shape index (κ2) is 5.93. The van der Waals surface area contributed by atoms with Crippen LogP contribution in [-0.2, 0) is 14.3 Å². The van der Waals surface area contributed by atoms with Crippen LogP contribution in [-0.4, -0.2) is 30.6 Å². The second-order valence-corrected chi connectivity index (χ2v) is 5.67. The quantitative estimate of drug-likeness (QED) is 0.802. The first kappa shape index (κ1) is 15.6. The van der Waals surface area contributed by atoms with E-state index in [9.17, 15) is 9.59 Å². The molecule has 1 aliphatic heterocycles. The standard InChI is InChI=1S/C15H18ClNO4/c1-4-20-13(18)7-8-17-11-9-10(16)5-6-12(11)21-15(2,3)14(17)19/h5-6,9H,4,7-8H2,1-3H3. The summed E-state index contributed by atoms with van der Waals surface area (Å²) in [5.74, 6) is 0.0348. The normalized spacial score (nSPS) is 16.2. The molecule has 1 aromatic carbocycles. The molecule has 21 heavy (non-hydrogen) atoms. The van der Waals surface area contributed by atoms with E-state index in [2.05, 4.69) is 0 Å². The van der Waals surface area contributed by atoms with Crippen LogP contribution >= 0.6 is 11.6 Å². The number of amides is 1. The van der Waals surface area contributed by atoms with Gasteiger partial charge in [0.15, 0.2) is 5.60 Å². The summed E-state index contributed by atoms with van der Waals surface area (Å²) in [4.78, 5) is 25.5. The minimum absolute atomic E-state index is 0.127. The summed E-state index contributed by atoms with van der Waals surface area (Å²) in [5.41, 5.74) is -0.397. The van der Waals surface area contributed by atoms with Crippen molar-refractivity contribution in [3.05, 3.63) is 23.2 Å². The van der Waals surface area contributed by atoms with E-state index in [0.29, 0.717) is 23.1 Å². The highest BCUT2D eigenvalue weighted by Gasteiger charge is 2.40. The van der Waals surface area contributed by atoms with Gasteiger partial charge in [0.1, 0.15) is 5.75 Å². The zero-order valence-corrected chi connectivity index (χ0v) is 13.1. The SMILES string of the molecule is CCOC(=O)CCN1C(=O)C(C)(C)Oc2ccc(Cl)cc21. The maximum Gasteiger partial charge on any atom is 0.307 e. The largest absolute Gasteiger partial charge is 0.476 e. The summed E-state index contributed by atoms with van der Waals surface area (Å²) in [6, 6.07) is 5.09. The van der Waals surface area contributed by atoms with Crippen molar-refractivity contribution < 1.29 is 19.1 Å². The highest BCUT2D eigenvalue weighted by Crippen LogP contribution is 2.39. The molecule has 0 fully saturated rings. The van der Waals surface area contributed by atoms with Crippen molar-refractivity contribution in [2.45, 2.75) is 32.8 Å². The van der Waals surface area contributed by atoms with Gasteiger partial charge in [-0.2, -0.15) is 0 Å². The predicted octanol–water partition coefficient (Wildman–Crippen LogP) is 2.80. The van der Waals surface area contributed by atoms with E-state index in [1.54, 1.807) is 39.0 Å². The lowest BCUT2D eigenvalue weighted by atomic mass is 10.0. The Morgan fingerprint density at radius 1 is 1.43 bits per heavy atom. The third-order valence-electron chi connectivity index (χ3n) is 3.18. The van der Waals surface area contributed by atoms with Crippen molar-refractivity contribution in [1.29, 1.82) is 0 Å². The molecule has 0 saturated heterocycles. The molecule has 1 heterocycles. The second-order valence-electron chi connectivity index (χ2n) is 5.24. The van der Waals surface area contributed by atoms with E-state index in [4.69, 9.17) is 21.1 Å². The molecule has 1 aromatic rings. The number of esters is 1. The van der Waals surface area contributed by atoms with Gasteiger partial charge >= 0.3 is 5.97 Å².